The van der Waals surface area contributed by atoms with Gasteiger partial charge in [-0.3, -0.25) is 0 Å². The van der Waals surface area contributed by atoms with Crippen molar-refractivity contribution in [3.05, 3.63) is 65.4 Å². The van der Waals surface area contributed by atoms with Crippen LogP contribution in [0.4, 0.5) is 0 Å². The van der Waals surface area contributed by atoms with E-state index in [1.54, 1.807) is 19.1 Å². The molecule has 0 unspecified atom stereocenters. The van der Waals surface area contributed by atoms with Crippen LogP contribution in [0.5, 0.6) is 0 Å². The highest BCUT2D eigenvalue weighted by Crippen LogP contribution is 2.22. The molecule has 0 N–H and O–H groups in total. The summed E-state index contributed by atoms with van der Waals surface area (Å²) in [5, 5.41) is 3.95. The van der Waals surface area contributed by atoms with Gasteiger partial charge in [-0.2, -0.15) is 0 Å². The molecule has 0 spiro atoms. The summed E-state index contributed by atoms with van der Waals surface area (Å²) in [6.45, 7) is 1.76. The van der Waals surface area contributed by atoms with Gasteiger partial charge in [0.25, 0.3) is 0 Å². The van der Waals surface area contributed by atoms with Gasteiger partial charge in [-0.15, -0.1) is 5.10 Å². The van der Waals surface area contributed by atoms with Crippen molar-refractivity contribution in [2.75, 3.05) is 0 Å². The third kappa shape index (κ3) is 2.98. The maximum Gasteiger partial charge on any atom is 0.344 e. The number of esters is 1. The molecule has 104 valence electrons. The second-order valence-corrected chi connectivity index (χ2v) is 5.24. The Morgan fingerprint density at radius 2 is 1.95 bits per heavy atom. The summed E-state index contributed by atoms with van der Waals surface area (Å²) in [5.41, 5.74) is 2.18. The van der Waals surface area contributed by atoms with Crippen LogP contribution in [0.2, 0.25) is 0 Å². The molecule has 1 heterocycles. The number of rotatable bonds is 3. The molecule has 21 heavy (non-hydrogen) atoms. The van der Waals surface area contributed by atoms with Gasteiger partial charge in [0, 0.05) is 0 Å². The predicted molar refractivity (Wildman–Crippen MR) is 82.9 cm³/mol. The fraction of sp³-hybridized carbons (Fsp3) is 0.0625. The Kier molecular flexibility index (Phi) is 3.75. The number of hydrogen-bond donors (Lipinski definition) is 0. The van der Waals surface area contributed by atoms with E-state index in [-0.39, 0.29) is 0 Å². The third-order valence-corrected chi connectivity index (χ3v) is 3.69. The van der Waals surface area contributed by atoms with Crippen LogP contribution in [0.1, 0.15) is 22.8 Å². The summed E-state index contributed by atoms with van der Waals surface area (Å²) in [6, 6.07) is 15.0. The Labute approximate surface area is 125 Å². The summed E-state index contributed by atoms with van der Waals surface area (Å²) < 4.78 is 10.00. The van der Waals surface area contributed by atoms with Gasteiger partial charge in [0.05, 0.1) is 10.3 Å². The van der Waals surface area contributed by atoms with Crippen molar-refractivity contribution >= 4 is 33.8 Å². The zero-order chi connectivity index (χ0) is 14.7. The molecule has 3 aromatic rings. The van der Waals surface area contributed by atoms with Crippen LogP contribution >= 0.6 is 11.5 Å². The zero-order valence-electron chi connectivity index (χ0n) is 11.3. The minimum Gasteiger partial charge on any atom is -0.428 e. The van der Waals surface area contributed by atoms with Crippen LogP contribution in [0.15, 0.2) is 54.3 Å². The zero-order valence-corrected chi connectivity index (χ0v) is 12.1. The SMILES string of the molecule is CC(=Cc1ccccc1)OC(=O)c1cccc2nnsc12. The Hall–Kier alpha value is -2.53. The minimum atomic E-state index is -0.392. The summed E-state index contributed by atoms with van der Waals surface area (Å²) >= 11 is 1.19. The van der Waals surface area contributed by atoms with E-state index in [9.17, 15) is 4.79 Å². The smallest absolute Gasteiger partial charge is 0.344 e. The summed E-state index contributed by atoms with van der Waals surface area (Å²) in [4.78, 5) is 12.2. The molecule has 0 bridgehead atoms. The van der Waals surface area contributed by atoms with Gasteiger partial charge in [-0.1, -0.05) is 40.9 Å². The molecule has 0 aliphatic heterocycles. The fourth-order valence-electron chi connectivity index (χ4n) is 1.98. The van der Waals surface area contributed by atoms with Crippen LogP contribution in [-0.2, 0) is 4.74 Å². The van der Waals surface area contributed by atoms with Crippen LogP contribution < -0.4 is 0 Å². The molecule has 0 aliphatic carbocycles. The number of carbonyl (C=O) groups is 1. The average molecular weight is 296 g/mol. The molecule has 0 radical (unpaired) electrons. The molecule has 0 aliphatic rings. The lowest BCUT2D eigenvalue weighted by molar-refractivity contribution is 0.0632. The van der Waals surface area contributed by atoms with Crippen molar-refractivity contribution in [1.29, 1.82) is 0 Å². The van der Waals surface area contributed by atoms with E-state index >= 15 is 0 Å². The average Bonchev–Trinajstić information content (AvgIpc) is 2.96. The standard InChI is InChI=1S/C16H12N2O2S/c1-11(10-12-6-3-2-4-7-12)20-16(19)13-8-5-9-14-15(13)21-18-17-14/h2-10H,1H3. The molecule has 0 saturated heterocycles. The van der Waals surface area contributed by atoms with Crippen molar-refractivity contribution in [3.63, 3.8) is 0 Å². The van der Waals surface area contributed by atoms with Crippen LogP contribution in [0.25, 0.3) is 16.3 Å². The molecule has 5 heteroatoms. The van der Waals surface area contributed by atoms with Gasteiger partial charge < -0.3 is 4.74 Å². The van der Waals surface area contributed by atoms with Gasteiger partial charge in [-0.05, 0) is 42.2 Å². The number of hydrogen-bond acceptors (Lipinski definition) is 5. The first-order chi connectivity index (χ1) is 10.2. The highest BCUT2D eigenvalue weighted by atomic mass is 32.1. The van der Waals surface area contributed by atoms with E-state index in [0.29, 0.717) is 16.8 Å². The van der Waals surface area contributed by atoms with Gasteiger partial charge in [0.2, 0.25) is 0 Å². The van der Waals surface area contributed by atoms with Gasteiger partial charge in [-0.25, -0.2) is 4.79 Å². The number of ether oxygens (including phenoxy) is 1. The van der Waals surface area contributed by atoms with Crippen LogP contribution in [0, 0.1) is 0 Å². The van der Waals surface area contributed by atoms with Crippen molar-refractivity contribution < 1.29 is 9.53 Å². The van der Waals surface area contributed by atoms with Crippen LogP contribution in [-0.4, -0.2) is 15.6 Å². The lowest BCUT2D eigenvalue weighted by Gasteiger charge is -2.05. The van der Waals surface area contributed by atoms with Gasteiger partial charge in [0.1, 0.15) is 11.3 Å². The number of benzene rings is 2. The van der Waals surface area contributed by atoms with Crippen molar-refractivity contribution in [3.8, 4) is 0 Å². The Balaban J connectivity index is 1.83. The highest BCUT2D eigenvalue weighted by Gasteiger charge is 2.14. The molecule has 4 nitrogen and oxygen atoms in total. The highest BCUT2D eigenvalue weighted by molar-refractivity contribution is 7.13. The monoisotopic (exact) mass is 296 g/mol. The molecular weight excluding hydrogens is 284 g/mol. The normalized spacial score (nSPS) is 11.6. The number of nitrogens with zero attached hydrogens (tertiary/aromatic N) is 2. The van der Waals surface area contributed by atoms with Gasteiger partial charge in [0.15, 0.2) is 0 Å². The largest absolute Gasteiger partial charge is 0.428 e. The van der Waals surface area contributed by atoms with Crippen LogP contribution in [0.3, 0.4) is 0 Å². The Morgan fingerprint density at radius 3 is 2.76 bits per heavy atom. The molecule has 2 aromatic carbocycles. The number of carbonyl (C=O) groups excluding carboxylic acids is 1. The third-order valence-electron chi connectivity index (χ3n) is 2.92. The van der Waals surface area contributed by atoms with Crippen molar-refractivity contribution in [1.82, 2.24) is 9.59 Å². The lowest BCUT2D eigenvalue weighted by Crippen LogP contribution is -2.03. The van der Waals surface area contributed by atoms with E-state index in [4.69, 9.17) is 4.74 Å². The fourth-order valence-corrected chi connectivity index (χ4v) is 2.64. The second kappa shape index (κ2) is 5.85. The molecule has 0 atom stereocenters. The minimum absolute atomic E-state index is 0.392. The Morgan fingerprint density at radius 1 is 1.14 bits per heavy atom. The quantitative estimate of drug-likeness (QED) is 0.543. The first-order valence-electron chi connectivity index (χ1n) is 6.40. The van der Waals surface area contributed by atoms with Crippen molar-refractivity contribution in [2.24, 2.45) is 0 Å². The first kappa shape index (κ1) is 13.5. The van der Waals surface area contributed by atoms with E-state index in [1.807, 2.05) is 42.5 Å². The number of allylic oxidation sites excluding steroid dienone is 1. The first-order valence-corrected chi connectivity index (χ1v) is 7.18. The van der Waals surface area contributed by atoms with Crippen molar-refractivity contribution in [2.45, 2.75) is 6.92 Å². The number of fused-ring (bicyclic) bond motifs is 1. The molecular formula is C16H12N2O2S. The summed E-state index contributed by atoms with van der Waals surface area (Å²) in [6.07, 6.45) is 1.82. The second-order valence-electron chi connectivity index (χ2n) is 4.48. The topological polar surface area (TPSA) is 52.1 Å². The number of aromatic nitrogens is 2. The molecule has 0 amide bonds. The molecule has 0 fully saturated rings. The van der Waals surface area contributed by atoms with E-state index < -0.39 is 5.97 Å². The Bertz CT molecular complexity index is 809. The maximum atomic E-state index is 12.2. The van der Waals surface area contributed by atoms with E-state index in [0.717, 1.165) is 10.3 Å². The molecule has 3 rings (SSSR count). The molecule has 0 saturated carbocycles. The maximum absolute atomic E-state index is 12.2. The summed E-state index contributed by atoms with van der Waals surface area (Å²) in [7, 11) is 0. The van der Waals surface area contributed by atoms with E-state index in [2.05, 4.69) is 9.59 Å². The van der Waals surface area contributed by atoms with Gasteiger partial charge >= 0.3 is 5.97 Å². The lowest BCUT2D eigenvalue weighted by atomic mass is 10.2. The van der Waals surface area contributed by atoms with E-state index in [1.165, 1.54) is 11.5 Å². The summed E-state index contributed by atoms with van der Waals surface area (Å²) in [5.74, 6) is 0.150. The molecule has 1 aromatic heterocycles. The predicted octanol–water partition coefficient (Wildman–Crippen LogP) is 3.91.